The second kappa shape index (κ2) is 10.3. The van der Waals surface area contributed by atoms with Gasteiger partial charge in [-0.3, -0.25) is 9.88 Å². The van der Waals surface area contributed by atoms with Crippen LogP contribution in [0.2, 0.25) is 0 Å². The molecule has 0 radical (unpaired) electrons. The smallest absolute Gasteiger partial charge is 0.337 e. The predicted octanol–water partition coefficient (Wildman–Crippen LogP) is 3.97. The average molecular weight is 484 g/mol. The standard InChI is InChI=1S/C28H29N5O3/c1-32-12-14-33(15-13-32)18-19-6-5-7-21(16-19)30-26(24-8-3-4-11-29-24)25-22-17-20(28(35)36-2)9-10-23(22)31-27(25)34/h3-11,16-17,31,34H,12-15,18H2,1-2H3. The van der Waals surface area contributed by atoms with Crippen LogP contribution in [0.5, 0.6) is 5.88 Å². The lowest BCUT2D eigenvalue weighted by Crippen LogP contribution is -2.43. The number of H-pyrrole nitrogens is 1. The number of hydrogen-bond acceptors (Lipinski definition) is 7. The molecule has 0 amide bonds. The number of methoxy groups -OCH3 is 1. The summed E-state index contributed by atoms with van der Waals surface area (Å²) in [6.07, 6.45) is 1.69. The molecule has 1 fully saturated rings. The Morgan fingerprint density at radius 3 is 2.67 bits per heavy atom. The van der Waals surface area contributed by atoms with E-state index in [0.29, 0.717) is 33.4 Å². The summed E-state index contributed by atoms with van der Waals surface area (Å²) >= 11 is 0. The Hall–Kier alpha value is -4.01. The Morgan fingerprint density at radius 1 is 1.08 bits per heavy atom. The molecule has 3 heterocycles. The van der Waals surface area contributed by atoms with Crippen LogP contribution >= 0.6 is 0 Å². The van der Waals surface area contributed by atoms with Crippen molar-refractivity contribution >= 4 is 28.3 Å². The number of aromatic nitrogens is 2. The highest BCUT2D eigenvalue weighted by Crippen LogP contribution is 2.32. The fourth-order valence-electron chi connectivity index (χ4n) is 4.52. The molecule has 0 bridgehead atoms. The summed E-state index contributed by atoms with van der Waals surface area (Å²) in [6.45, 7) is 5.06. The second-order valence-electron chi connectivity index (χ2n) is 9.03. The lowest BCUT2D eigenvalue weighted by atomic mass is 10.0. The van der Waals surface area contributed by atoms with Crippen molar-refractivity contribution in [1.29, 1.82) is 0 Å². The minimum atomic E-state index is -0.448. The molecule has 8 heteroatoms. The van der Waals surface area contributed by atoms with Crippen molar-refractivity contribution in [3.63, 3.8) is 0 Å². The van der Waals surface area contributed by atoms with E-state index >= 15 is 0 Å². The van der Waals surface area contributed by atoms with E-state index in [1.165, 1.54) is 12.7 Å². The number of pyridine rings is 1. The monoisotopic (exact) mass is 483 g/mol. The number of esters is 1. The van der Waals surface area contributed by atoms with Gasteiger partial charge in [-0.15, -0.1) is 0 Å². The van der Waals surface area contributed by atoms with Crippen molar-refractivity contribution < 1.29 is 14.6 Å². The number of nitrogens with zero attached hydrogens (tertiary/aromatic N) is 4. The summed E-state index contributed by atoms with van der Waals surface area (Å²) in [6, 6.07) is 18.8. The summed E-state index contributed by atoms with van der Waals surface area (Å²) in [4.78, 5) is 29.5. The van der Waals surface area contributed by atoms with Crippen LogP contribution < -0.4 is 0 Å². The maximum Gasteiger partial charge on any atom is 0.337 e. The number of aromatic hydroxyl groups is 1. The van der Waals surface area contributed by atoms with Crippen LogP contribution in [0, 0.1) is 0 Å². The molecule has 0 aliphatic carbocycles. The van der Waals surface area contributed by atoms with E-state index in [9.17, 15) is 9.90 Å². The van der Waals surface area contributed by atoms with Crippen molar-refractivity contribution in [2.75, 3.05) is 40.3 Å². The second-order valence-corrected chi connectivity index (χ2v) is 9.03. The number of carbonyl (C=O) groups excluding carboxylic acids is 1. The number of likely N-dealkylation sites (N-methyl/N-ethyl adjacent to an activating group) is 1. The van der Waals surface area contributed by atoms with Crippen molar-refractivity contribution in [2.24, 2.45) is 4.99 Å². The van der Waals surface area contributed by atoms with Crippen molar-refractivity contribution in [3.8, 4) is 5.88 Å². The van der Waals surface area contributed by atoms with Gasteiger partial charge in [0.2, 0.25) is 0 Å². The molecule has 0 spiro atoms. The van der Waals surface area contributed by atoms with Crippen molar-refractivity contribution in [1.82, 2.24) is 19.8 Å². The zero-order valence-corrected chi connectivity index (χ0v) is 20.4. The number of benzene rings is 2. The van der Waals surface area contributed by atoms with E-state index in [2.05, 4.69) is 38.9 Å². The van der Waals surface area contributed by atoms with E-state index in [0.717, 1.165) is 38.4 Å². The zero-order chi connectivity index (χ0) is 25.1. The van der Waals surface area contributed by atoms with Crippen molar-refractivity contribution in [2.45, 2.75) is 6.54 Å². The van der Waals surface area contributed by atoms with Gasteiger partial charge in [-0.05, 0) is 55.1 Å². The molecule has 2 aromatic heterocycles. The van der Waals surface area contributed by atoms with Gasteiger partial charge in [-0.1, -0.05) is 18.2 Å². The summed E-state index contributed by atoms with van der Waals surface area (Å²) < 4.78 is 4.89. The number of rotatable bonds is 6. The van der Waals surface area contributed by atoms with Gasteiger partial charge in [0.25, 0.3) is 0 Å². The Labute approximate surface area is 209 Å². The van der Waals surface area contributed by atoms with Crippen LogP contribution in [0.4, 0.5) is 5.69 Å². The highest BCUT2D eigenvalue weighted by Gasteiger charge is 2.21. The minimum absolute atomic E-state index is 0.0370. The molecule has 1 aliphatic heterocycles. The average Bonchev–Trinajstić information content (AvgIpc) is 3.23. The van der Waals surface area contributed by atoms with E-state index in [1.807, 2.05) is 30.3 Å². The molecule has 184 valence electrons. The molecule has 2 N–H and O–H groups in total. The number of aliphatic imine (C=N–C) groups is 1. The quantitative estimate of drug-likeness (QED) is 0.318. The Kier molecular flexibility index (Phi) is 6.79. The third kappa shape index (κ3) is 5.00. The summed E-state index contributed by atoms with van der Waals surface area (Å²) in [5.41, 5.74) is 4.62. The maximum absolute atomic E-state index is 12.2. The molecule has 4 aromatic rings. The summed E-state index contributed by atoms with van der Waals surface area (Å²) in [7, 11) is 3.50. The third-order valence-corrected chi connectivity index (χ3v) is 6.50. The number of piperazine rings is 1. The fourth-order valence-corrected chi connectivity index (χ4v) is 4.52. The van der Waals surface area contributed by atoms with Crippen LogP contribution in [0.1, 0.15) is 27.2 Å². The number of aromatic amines is 1. The lowest BCUT2D eigenvalue weighted by molar-refractivity contribution is 0.0601. The van der Waals surface area contributed by atoms with Crippen LogP contribution in [-0.4, -0.2) is 76.9 Å². The Bertz CT molecular complexity index is 1410. The summed E-state index contributed by atoms with van der Waals surface area (Å²) in [5, 5.41) is 11.6. The first-order valence-electron chi connectivity index (χ1n) is 11.9. The van der Waals surface area contributed by atoms with E-state index in [-0.39, 0.29) is 5.88 Å². The van der Waals surface area contributed by atoms with Gasteiger partial charge in [0.05, 0.1) is 29.6 Å². The van der Waals surface area contributed by atoms with Crippen molar-refractivity contribution in [3.05, 3.63) is 89.2 Å². The van der Waals surface area contributed by atoms with Gasteiger partial charge in [-0.25, -0.2) is 9.79 Å². The third-order valence-electron chi connectivity index (χ3n) is 6.50. The number of hydrogen-bond donors (Lipinski definition) is 2. The molecule has 8 nitrogen and oxygen atoms in total. The molecule has 0 saturated carbocycles. The highest BCUT2D eigenvalue weighted by molar-refractivity contribution is 6.21. The van der Waals surface area contributed by atoms with Gasteiger partial charge in [0.15, 0.2) is 5.88 Å². The van der Waals surface area contributed by atoms with Crippen LogP contribution in [0.3, 0.4) is 0 Å². The molecule has 1 aliphatic rings. The molecular formula is C28H29N5O3. The van der Waals surface area contributed by atoms with Gasteiger partial charge in [-0.2, -0.15) is 0 Å². The maximum atomic E-state index is 12.2. The van der Waals surface area contributed by atoms with E-state index in [4.69, 9.17) is 9.73 Å². The molecule has 5 rings (SSSR count). The van der Waals surface area contributed by atoms with Crippen LogP contribution in [-0.2, 0) is 11.3 Å². The predicted molar refractivity (Wildman–Crippen MR) is 140 cm³/mol. The normalized spacial score (nSPS) is 15.3. The van der Waals surface area contributed by atoms with Gasteiger partial charge in [0, 0.05) is 49.8 Å². The highest BCUT2D eigenvalue weighted by atomic mass is 16.5. The first-order valence-corrected chi connectivity index (χ1v) is 11.9. The summed E-state index contributed by atoms with van der Waals surface area (Å²) in [5.74, 6) is -0.485. The van der Waals surface area contributed by atoms with E-state index in [1.54, 1.807) is 24.4 Å². The molecular weight excluding hydrogens is 454 g/mol. The first-order chi connectivity index (χ1) is 17.5. The van der Waals surface area contributed by atoms with Gasteiger partial charge >= 0.3 is 5.97 Å². The minimum Gasteiger partial charge on any atom is -0.494 e. The molecule has 0 atom stereocenters. The number of fused-ring (bicyclic) bond motifs is 1. The van der Waals surface area contributed by atoms with E-state index < -0.39 is 5.97 Å². The Balaban J connectivity index is 1.58. The molecule has 36 heavy (non-hydrogen) atoms. The van der Waals surface area contributed by atoms with Crippen LogP contribution in [0.15, 0.2) is 71.9 Å². The first kappa shape index (κ1) is 23.7. The Morgan fingerprint density at radius 2 is 1.92 bits per heavy atom. The molecule has 0 unspecified atom stereocenters. The SMILES string of the molecule is COC(=O)c1ccc2[nH]c(O)c(C(=Nc3cccc(CN4CCN(C)CC4)c3)c3ccccn3)c2c1. The molecule has 1 saturated heterocycles. The van der Waals surface area contributed by atoms with Gasteiger partial charge in [0.1, 0.15) is 5.71 Å². The number of ether oxygens (including phenoxy) is 1. The largest absolute Gasteiger partial charge is 0.494 e. The topological polar surface area (TPSA) is 94.0 Å². The zero-order valence-electron chi connectivity index (χ0n) is 20.4. The molecule has 2 aromatic carbocycles. The lowest BCUT2D eigenvalue weighted by Gasteiger charge is -2.32. The number of nitrogens with one attached hydrogen (secondary N) is 1. The van der Waals surface area contributed by atoms with Gasteiger partial charge < -0.3 is 19.7 Å². The fraction of sp³-hybridized carbons (Fsp3) is 0.250. The number of carbonyl (C=O) groups is 1. The van der Waals surface area contributed by atoms with Crippen LogP contribution in [0.25, 0.3) is 10.9 Å².